The number of H-pyrrole nitrogens is 1. The summed E-state index contributed by atoms with van der Waals surface area (Å²) in [4.78, 5) is 28.1. The third kappa shape index (κ3) is 2.33. The maximum atomic E-state index is 11.8. The average molecular weight is 252 g/mol. The van der Waals surface area contributed by atoms with E-state index in [0.29, 0.717) is 17.9 Å². The summed E-state index contributed by atoms with van der Waals surface area (Å²) >= 11 is 0. The van der Waals surface area contributed by atoms with Crippen LogP contribution in [0, 0.1) is 0 Å². The molecule has 1 aromatic heterocycles. The van der Waals surface area contributed by atoms with E-state index in [0.717, 1.165) is 25.9 Å². The molecule has 18 heavy (non-hydrogen) atoms. The second-order valence-electron chi connectivity index (χ2n) is 5.07. The van der Waals surface area contributed by atoms with E-state index in [1.807, 2.05) is 13.8 Å². The molecule has 1 aliphatic heterocycles. The summed E-state index contributed by atoms with van der Waals surface area (Å²) < 4.78 is 1.44. The van der Waals surface area contributed by atoms with Crippen LogP contribution in [0.4, 0.5) is 5.82 Å². The van der Waals surface area contributed by atoms with Crippen molar-refractivity contribution < 1.29 is 0 Å². The van der Waals surface area contributed by atoms with E-state index in [4.69, 9.17) is 5.73 Å². The van der Waals surface area contributed by atoms with E-state index in [1.165, 1.54) is 4.57 Å². The molecule has 0 aliphatic carbocycles. The molecule has 2 rings (SSSR count). The van der Waals surface area contributed by atoms with Crippen LogP contribution in [-0.2, 0) is 6.54 Å². The van der Waals surface area contributed by atoms with Gasteiger partial charge in [-0.2, -0.15) is 0 Å². The SMILES string of the molecule is CC(C)n1c(N)c(CN2CCCC2)c(=O)[nH]c1=O. The van der Waals surface area contributed by atoms with Crippen LogP contribution < -0.4 is 17.0 Å². The smallest absolute Gasteiger partial charge is 0.330 e. The molecule has 1 aliphatic rings. The van der Waals surface area contributed by atoms with E-state index in [1.54, 1.807) is 0 Å². The number of nitrogens with two attached hydrogens (primary N) is 1. The number of nitrogens with zero attached hydrogens (tertiary/aromatic N) is 2. The molecule has 0 radical (unpaired) electrons. The standard InChI is InChI=1S/C12H20N4O2/c1-8(2)16-10(13)9(11(17)14-12(16)18)7-15-5-3-4-6-15/h8H,3-7,13H2,1-2H3,(H,14,17,18). The molecule has 3 N–H and O–H groups in total. The molecule has 0 spiro atoms. The number of aromatic nitrogens is 2. The van der Waals surface area contributed by atoms with Gasteiger partial charge < -0.3 is 5.73 Å². The number of likely N-dealkylation sites (tertiary alicyclic amines) is 1. The van der Waals surface area contributed by atoms with Gasteiger partial charge in [0.05, 0.1) is 5.56 Å². The number of anilines is 1. The van der Waals surface area contributed by atoms with Crippen LogP contribution in [0.15, 0.2) is 9.59 Å². The van der Waals surface area contributed by atoms with Crippen LogP contribution in [0.5, 0.6) is 0 Å². The monoisotopic (exact) mass is 252 g/mol. The lowest BCUT2D eigenvalue weighted by Gasteiger charge is -2.19. The normalized spacial score (nSPS) is 16.6. The van der Waals surface area contributed by atoms with Crippen molar-refractivity contribution in [3.63, 3.8) is 0 Å². The van der Waals surface area contributed by atoms with Gasteiger partial charge >= 0.3 is 5.69 Å². The number of aromatic amines is 1. The lowest BCUT2D eigenvalue weighted by molar-refractivity contribution is 0.328. The third-order valence-corrected chi connectivity index (χ3v) is 3.38. The van der Waals surface area contributed by atoms with Gasteiger partial charge in [0, 0.05) is 12.6 Å². The summed E-state index contributed by atoms with van der Waals surface area (Å²) in [6, 6.07) is -0.0633. The van der Waals surface area contributed by atoms with Crippen LogP contribution in [0.3, 0.4) is 0 Å². The van der Waals surface area contributed by atoms with Crippen LogP contribution in [0.1, 0.15) is 38.3 Å². The predicted molar refractivity (Wildman–Crippen MR) is 70.6 cm³/mol. The summed E-state index contributed by atoms with van der Waals surface area (Å²) in [6.45, 7) is 6.24. The fourth-order valence-electron chi connectivity index (χ4n) is 2.43. The molecule has 0 aromatic carbocycles. The van der Waals surface area contributed by atoms with Gasteiger partial charge in [-0.25, -0.2) is 4.79 Å². The first-order valence-electron chi connectivity index (χ1n) is 6.36. The molecular formula is C12H20N4O2. The quantitative estimate of drug-likeness (QED) is 0.810. The van der Waals surface area contributed by atoms with Crippen molar-refractivity contribution in [2.75, 3.05) is 18.8 Å². The summed E-state index contributed by atoms with van der Waals surface area (Å²) in [6.07, 6.45) is 2.31. The average Bonchev–Trinajstić information content (AvgIpc) is 2.75. The van der Waals surface area contributed by atoms with E-state index in [2.05, 4.69) is 9.88 Å². The Kier molecular flexibility index (Phi) is 3.56. The Morgan fingerprint density at radius 2 is 1.89 bits per heavy atom. The Labute approximate surface area is 105 Å². The van der Waals surface area contributed by atoms with Crippen molar-refractivity contribution in [1.82, 2.24) is 14.5 Å². The highest BCUT2D eigenvalue weighted by molar-refractivity contribution is 5.38. The van der Waals surface area contributed by atoms with Gasteiger partial charge in [0.2, 0.25) is 0 Å². The topological polar surface area (TPSA) is 84.1 Å². The molecule has 0 saturated carbocycles. The number of nitrogen functional groups attached to an aromatic ring is 1. The Morgan fingerprint density at radius 1 is 1.28 bits per heavy atom. The molecule has 100 valence electrons. The minimum absolute atomic E-state index is 0.0633. The maximum Gasteiger partial charge on any atom is 0.330 e. The molecule has 0 unspecified atom stereocenters. The van der Waals surface area contributed by atoms with Crippen molar-refractivity contribution in [3.8, 4) is 0 Å². The number of nitrogens with one attached hydrogen (secondary N) is 1. The van der Waals surface area contributed by atoms with Gasteiger partial charge in [0.25, 0.3) is 5.56 Å². The highest BCUT2D eigenvalue weighted by Gasteiger charge is 2.19. The van der Waals surface area contributed by atoms with Gasteiger partial charge in [-0.15, -0.1) is 0 Å². The van der Waals surface area contributed by atoms with Crippen LogP contribution in [-0.4, -0.2) is 27.5 Å². The first-order chi connectivity index (χ1) is 8.50. The molecule has 1 aromatic rings. The summed E-state index contributed by atoms with van der Waals surface area (Å²) in [5.74, 6) is 0.297. The second-order valence-corrected chi connectivity index (χ2v) is 5.07. The largest absolute Gasteiger partial charge is 0.385 e. The van der Waals surface area contributed by atoms with Crippen molar-refractivity contribution in [2.24, 2.45) is 0 Å². The molecule has 0 amide bonds. The van der Waals surface area contributed by atoms with E-state index >= 15 is 0 Å². The Hall–Kier alpha value is -1.56. The number of rotatable bonds is 3. The molecule has 1 fully saturated rings. The second kappa shape index (κ2) is 4.97. The minimum Gasteiger partial charge on any atom is -0.385 e. The van der Waals surface area contributed by atoms with Gasteiger partial charge in [-0.1, -0.05) is 0 Å². The van der Waals surface area contributed by atoms with Gasteiger partial charge in [0.1, 0.15) is 5.82 Å². The first-order valence-corrected chi connectivity index (χ1v) is 6.36. The summed E-state index contributed by atoms with van der Waals surface area (Å²) in [7, 11) is 0. The first kappa shape index (κ1) is 12.9. The number of hydrogen-bond acceptors (Lipinski definition) is 4. The van der Waals surface area contributed by atoms with Crippen LogP contribution >= 0.6 is 0 Å². The van der Waals surface area contributed by atoms with Crippen molar-refractivity contribution in [1.29, 1.82) is 0 Å². The summed E-state index contributed by atoms with van der Waals surface area (Å²) in [5.41, 5.74) is 5.69. The minimum atomic E-state index is -0.433. The van der Waals surface area contributed by atoms with Crippen molar-refractivity contribution >= 4 is 5.82 Å². The maximum absolute atomic E-state index is 11.8. The van der Waals surface area contributed by atoms with Crippen molar-refractivity contribution in [2.45, 2.75) is 39.3 Å². The van der Waals surface area contributed by atoms with Crippen LogP contribution in [0.2, 0.25) is 0 Å². The molecule has 6 heteroatoms. The molecule has 2 heterocycles. The Balaban J connectivity index is 2.43. The molecule has 0 bridgehead atoms. The van der Waals surface area contributed by atoms with E-state index in [9.17, 15) is 9.59 Å². The van der Waals surface area contributed by atoms with Crippen LogP contribution in [0.25, 0.3) is 0 Å². The zero-order valence-corrected chi connectivity index (χ0v) is 10.9. The molecule has 0 atom stereocenters. The number of hydrogen-bond donors (Lipinski definition) is 2. The zero-order valence-electron chi connectivity index (χ0n) is 10.9. The Morgan fingerprint density at radius 3 is 2.44 bits per heavy atom. The Bertz CT molecular complexity index is 538. The molecule has 6 nitrogen and oxygen atoms in total. The van der Waals surface area contributed by atoms with E-state index < -0.39 is 5.69 Å². The fraction of sp³-hybridized carbons (Fsp3) is 0.667. The van der Waals surface area contributed by atoms with Gasteiger partial charge in [0.15, 0.2) is 0 Å². The van der Waals surface area contributed by atoms with Gasteiger partial charge in [-0.3, -0.25) is 19.2 Å². The molecule has 1 saturated heterocycles. The summed E-state index contributed by atoms with van der Waals surface area (Å²) in [5, 5.41) is 0. The molecular weight excluding hydrogens is 232 g/mol. The van der Waals surface area contributed by atoms with Gasteiger partial charge in [-0.05, 0) is 39.8 Å². The fourth-order valence-corrected chi connectivity index (χ4v) is 2.43. The van der Waals surface area contributed by atoms with E-state index in [-0.39, 0.29) is 11.6 Å². The highest BCUT2D eigenvalue weighted by Crippen LogP contribution is 2.15. The third-order valence-electron chi connectivity index (χ3n) is 3.38. The van der Waals surface area contributed by atoms with Crippen molar-refractivity contribution in [3.05, 3.63) is 26.4 Å². The predicted octanol–water partition coefficient (Wildman–Crippen LogP) is 0.296. The lowest BCUT2D eigenvalue weighted by Crippen LogP contribution is -2.37. The lowest BCUT2D eigenvalue weighted by atomic mass is 10.2. The zero-order chi connectivity index (χ0) is 13.3. The highest BCUT2D eigenvalue weighted by atomic mass is 16.2.